The topological polar surface area (TPSA) is 43.6 Å². The van der Waals surface area contributed by atoms with Crippen LogP contribution in [0.15, 0.2) is 23.5 Å². The predicted octanol–water partition coefficient (Wildman–Crippen LogP) is 3.61. The van der Waals surface area contributed by atoms with Crippen molar-refractivity contribution in [3.63, 3.8) is 0 Å². The summed E-state index contributed by atoms with van der Waals surface area (Å²) in [6.45, 7) is 7.16. The van der Waals surface area contributed by atoms with Gasteiger partial charge in [0, 0.05) is 28.4 Å². The molecule has 20 heavy (non-hydrogen) atoms. The van der Waals surface area contributed by atoms with Crippen molar-refractivity contribution in [2.24, 2.45) is 0 Å². The fourth-order valence-electron chi connectivity index (χ4n) is 2.09. The van der Waals surface area contributed by atoms with Crippen LogP contribution in [-0.2, 0) is 6.54 Å². The van der Waals surface area contributed by atoms with Crippen molar-refractivity contribution in [2.75, 3.05) is 5.75 Å². The van der Waals surface area contributed by atoms with E-state index in [1.807, 2.05) is 30.1 Å². The number of hydrogen-bond donors (Lipinski definition) is 0. The molecular weight excluding hydrogens is 288 g/mol. The Morgan fingerprint density at radius 1 is 1.25 bits per heavy atom. The van der Waals surface area contributed by atoms with E-state index in [4.69, 9.17) is 0 Å². The van der Waals surface area contributed by atoms with Gasteiger partial charge in [0.25, 0.3) is 0 Å². The maximum absolute atomic E-state index is 4.62. The SMILES string of the molecule is Cc1nc(SCCn2cccn2)c2c(C)c(C)sc2n1. The van der Waals surface area contributed by atoms with Gasteiger partial charge in [0.2, 0.25) is 0 Å². The molecule has 104 valence electrons. The molecule has 0 atom stereocenters. The summed E-state index contributed by atoms with van der Waals surface area (Å²) < 4.78 is 1.95. The van der Waals surface area contributed by atoms with Crippen LogP contribution in [0.2, 0.25) is 0 Å². The van der Waals surface area contributed by atoms with Crippen molar-refractivity contribution in [1.82, 2.24) is 19.7 Å². The van der Waals surface area contributed by atoms with Gasteiger partial charge in [-0.15, -0.1) is 23.1 Å². The van der Waals surface area contributed by atoms with Crippen LogP contribution >= 0.6 is 23.1 Å². The third-order valence-corrected chi connectivity index (χ3v) is 5.28. The van der Waals surface area contributed by atoms with E-state index in [-0.39, 0.29) is 0 Å². The molecule has 3 rings (SSSR count). The summed E-state index contributed by atoms with van der Waals surface area (Å²) in [6.07, 6.45) is 3.80. The van der Waals surface area contributed by atoms with E-state index in [2.05, 4.69) is 28.9 Å². The molecule has 4 nitrogen and oxygen atoms in total. The molecule has 3 aromatic rings. The molecule has 0 aliphatic rings. The van der Waals surface area contributed by atoms with Gasteiger partial charge >= 0.3 is 0 Å². The van der Waals surface area contributed by atoms with Gasteiger partial charge in [0.1, 0.15) is 15.7 Å². The minimum atomic E-state index is 0.848. The van der Waals surface area contributed by atoms with E-state index in [9.17, 15) is 0 Å². The second kappa shape index (κ2) is 5.54. The van der Waals surface area contributed by atoms with Crippen molar-refractivity contribution in [3.8, 4) is 0 Å². The van der Waals surface area contributed by atoms with Crippen molar-refractivity contribution < 1.29 is 0 Å². The normalized spacial score (nSPS) is 11.3. The van der Waals surface area contributed by atoms with Gasteiger partial charge in [0.15, 0.2) is 0 Å². The Bertz CT molecular complexity index is 731. The van der Waals surface area contributed by atoms with E-state index >= 15 is 0 Å². The molecule has 0 aliphatic carbocycles. The lowest BCUT2D eigenvalue weighted by Gasteiger charge is -2.05. The van der Waals surface area contributed by atoms with Gasteiger partial charge < -0.3 is 0 Å². The monoisotopic (exact) mass is 304 g/mol. The highest BCUT2D eigenvalue weighted by Crippen LogP contribution is 2.34. The van der Waals surface area contributed by atoms with Crippen LogP contribution in [0.4, 0.5) is 0 Å². The molecule has 3 aromatic heterocycles. The van der Waals surface area contributed by atoms with Crippen molar-refractivity contribution in [1.29, 1.82) is 0 Å². The van der Waals surface area contributed by atoms with Crippen molar-refractivity contribution in [3.05, 3.63) is 34.7 Å². The second-order valence-corrected chi connectivity index (χ2v) is 6.94. The first kappa shape index (κ1) is 13.6. The highest BCUT2D eigenvalue weighted by atomic mass is 32.2. The number of fused-ring (bicyclic) bond motifs is 1. The molecule has 0 fully saturated rings. The van der Waals surface area contributed by atoms with Gasteiger partial charge in [-0.1, -0.05) is 0 Å². The number of thioether (sulfide) groups is 1. The summed E-state index contributed by atoms with van der Waals surface area (Å²) in [5.74, 6) is 1.81. The number of hydrogen-bond acceptors (Lipinski definition) is 5. The minimum Gasteiger partial charge on any atom is -0.272 e. The van der Waals surface area contributed by atoms with Crippen LogP contribution in [0.25, 0.3) is 10.2 Å². The first-order valence-corrected chi connectivity index (χ1v) is 8.30. The molecule has 0 amide bonds. The molecule has 0 spiro atoms. The quantitative estimate of drug-likeness (QED) is 0.545. The van der Waals surface area contributed by atoms with Crippen LogP contribution in [-0.4, -0.2) is 25.5 Å². The zero-order valence-electron chi connectivity index (χ0n) is 11.8. The molecule has 6 heteroatoms. The third kappa shape index (κ3) is 2.58. The molecule has 0 N–H and O–H groups in total. The van der Waals surface area contributed by atoms with Crippen LogP contribution in [0, 0.1) is 20.8 Å². The summed E-state index contributed by atoms with van der Waals surface area (Å²) >= 11 is 3.54. The Morgan fingerprint density at radius 3 is 2.85 bits per heavy atom. The Labute approximate surface area is 126 Å². The standard InChI is InChI=1S/C14H16N4S2/c1-9-10(2)20-14-12(9)13(16-11(3)17-14)19-8-7-18-6-4-5-15-18/h4-6H,7-8H2,1-3H3. The van der Waals surface area contributed by atoms with Gasteiger partial charge in [-0.2, -0.15) is 5.10 Å². The lowest BCUT2D eigenvalue weighted by molar-refractivity contribution is 0.666. The smallest absolute Gasteiger partial charge is 0.128 e. The van der Waals surface area contributed by atoms with Gasteiger partial charge in [-0.25, -0.2) is 9.97 Å². The van der Waals surface area contributed by atoms with E-state index in [0.29, 0.717) is 0 Å². The fourth-order valence-corrected chi connectivity index (χ4v) is 4.29. The Balaban J connectivity index is 1.86. The molecule has 0 unspecified atom stereocenters. The Hall–Kier alpha value is -1.40. The molecule has 0 aromatic carbocycles. The predicted molar refractivity (Wildman–Crippen MR) is 84.6 cm³/mol. The zero-order valence-corrected chi connectivity index (χ0v) is 13.4. The van der Waals surface area contributed by atoms with Crippen molar-refractivity contribution in [2.45, 2.75) is 32.3 Å². The number of nitrogens with zero attached hydrogens (tertiary/aromatic N) is 4. The molecule has 0 bridgehead atoms. The summed E-state index contributed by atoms with van der Waals surface area (Å²) in [5, 5.41) is 6.55. The number of aromatic nitrogens is 4. The molecule has 0 saturated heterocycles. The number of rotatable bonds is 4. The van der Waals surface area contributed by atoms with Crippen LogP contribution in [0.3, 0.4) is 0 Å². The highest BCUT2D eigenvalue weighted by Gasteiger charge is 2.13. The third-order valence-electron chi connectivity index (χ3n) is 3.23. The molecule has 3 heterocycles. The van der Waals surface area contributed by atoms with E-state index < -0.39 is 0 Å². The molecule has 0 aliphatic heterocycles. The van der Waals surface area contributed by atoms with E-state index in [0.717, 1.165) is 28.0 Å². The first-order valence-electron chi connectivity index (χ1n) is 6.49. The highest BCUT2D eigenvalue weighted by molar-refractivity contribution is 7.99. The summed E-state index contributed by atoms with van der Waals surface area (Å²) in [5.41, 5.74) is 1.31. The Kier molecular flexibility index (Phi) is 3.76. The van der Waals surface area contributed by atoms with E-state index in [1.54, 1.807) is 23.1 Å². The van der Waals surface area contributed by atoms with Crippen LogP contribution in [0.1, 0.15) is 16.3 Å². The largest absolute Gasteiger partial charge is 0.272 e. The fraction of sp³-hybridized carbons (Fsp3) is 0.357. The maximum atomic E-state index is 4.62. The molecular formula is C14H16N4S2. The zero-order chi connectivity index (χ0) is 14.1. The lowest BCUT2D eigenvalue weighted by Crippen LogP contribution is -2.01. The van der Waals surface area contributed by atoms with Crippen LogP contribution in [0.5, 0.6) is 0 Å². The average Bonchev–Trinajstić information content (AvgIpc) is 2.99. The Morgan fingerprint density at radius 2 is 2.10 bits per heavy atom. The van der Waals surface area contributed by atoms with Gasteiger partial charge in [-0.3, -0.25) is 4.68 Å². The maximum Gasteiger partial charge on any atom is 0.128 e. The number of thiophene rings is 1. The number of aryl methyl sites for hydroxylation is 4. The minimum absolute atomic E-state index is 0.848. The summed E-state index contributed by atoms with van der Waals surface area (Å²) in [7, 11) is 0. The van der Waals surface area contributed by atoms with Crippen LogP contribution < -0.4 is 0 Å². The second-order valence-electron chi connectivity index (χ2n) is 4.66. The van der Waals surface area contributed by atoms with Crippen molar-refractivity contribution >= 4 is 33.3 Å². The first-order chi connectivity index (χ1) is 9.65. The molecule has 0 radical (unpaired) electrons. The average molecular weight is 304 g/mol. The lowest BCUT2D eigenvalue weighted by atomic mass is 10.2. The van der Waals surface area contributed by atoms with Gasteiger partial charge in [0.05, 0.1) is 6.54 Å². The summed E-state index contributed by atoms with van der Waals surface area (Å²) in [6, 6.07) is 1.95. The summed E-state index contributed by atoms with van der Waals surface area (Å²) in [4.78, 5) is 11.6. The van der Waals surface area contributed by atoms with Gasteiger partial charge in [-0.05, 0) is 32.4 Å². The molecule has 0 saturated carbocycles. The van der Waals surface area contributed by atoms with E-state index in [1.165, 1.54) is 15.8 Å².